The quantitative estimate of drug-likeness (QED) is 0.549. The summed E-state index contributed by atoms with van der Waals surface area (Å²) in [6.45, 7) is 4.33. The van der Waals surface area contributed by atoms with E-state index in [1.165, 1.54) is 0 Å². The van der Waals surface area contributed by atoms with Gasteiger partial charge in [0.1, 0.15) is 0 Å². The molecule has 0 bridgehead atoms. The van der Waals surface area contributed by atoms with Gasteiger partial charge in [0.2, 0.25) is 5.91 Å². The molecule has 1 heterocycles. The van der Waals surface area contributed by atoms with Crippen LogP contribution in [0.25, 0.3) is 5.69 Å². The number of halogens is 1. The number of hydrogen-bond acceptors (Lipinski definition) is 3. The van der Waals surface area contributed by atoms with Crippen LogP contribution in [-0.4, -0.2) is 21.5 Å². The summed E-state index contributed by atoms with van der Waals surface area (Å²) in [7, 11) is 0. The Morgan fingerprint density at radius 2 is 1.68 bits per heavy atom. The first-order chi connectivity index (χ1) is 13.5. The number of rotatable bonds is 7. The van der Waals surface area contributed by atoms with Crippen LogP contribution in [-0.2, 0) is 11.3 Å². The van der Waals surface area contributed by atoms with Crippen LogP contribution in [0.3, 0.4) is 0 Å². The molecule has 2 aromatic carbocycles. The Morgan fingerprint density at radius 3 is 2.36 bits per heavy atom. The van der Waals surface area contributed by atoms with Crippen molar-refractivity contribution in [3.05, 3.63) is 81.6 Å². The van der Waals surface area contributed by atoms with E-state index in [4.69, 9.17) is 0 Å². The smallest absolute Gasteiger partial charge is 0.220 e. The molecule has 0 spiro atoms. The van der Waals surface area contributed by atoms with E-state index in [1.807, 2.05) is 61.0 Å². The van der Waals surface area contributed by atoms with Gasteiger partial charge in [0.05, 0.1) is 11.4 Å². The number of benzene rings is 2. The summed E-state index contributed by atoms with van der Waals surface area (Å²) in [5.74, 6) is -0.177. The molecule has 0 saturated heterocycles. The predicted molar refractivity (Wildman–Crippen MR) is 113 cm³/mol. The number of aromatic nitrogens is 2. The molecular formula is C22H22BrN3O2. The summed E-state index contributed by atoms with van der Waals surface area (Å²) >= 11 is 3.35. The molecule has 3 aromatic rings. The Labute approximate surface area is 172 Å². The maximum absolute atomic E-state index is 12.2. The summed E-state index contributed by atoms with van der Waals surface area (Å²) in [6.07, 6.45) is 0.356. The fraction of sp³-hybridized carbons (Fsp3) is 0.227. The van der Waals surface area contributed by atoms with Gasteiger partial charge < -0.3 is 5.32 Å². The van der Waals surface area contributed by atoms with Gasteiger partial charge in [-0.3, -0.25) is 9.59 Å². The molecule has 0 aliphatic rings. The Kier molecular flexibility index (Phi) is 6.41. The summed E-state index contributed by atoms with van der Waals surface area (Å²) in [4.78, 5) is 24.4. The number of ketones is 1. The molecule has 1 amide bonds. The summed E-state index contributed by atoms with van der Waals surface area (Å²) in [5, 5.41) is 7.50. The number of aryl methyl sites for hydroxylation is 1. The lowest BCUT2D eigenvalue weighted by Crippen LogP contribution is -2.24. The minimum absolute atomic E-state index is 0.0353. The highest BCUT2D eigenvalue weighted by atomic mass is 79.9. The number of carbonyl (C=O) groups is 2. The number of amides is 1. The fourth-order valence-corrected chi connectivity index (χ4v) is 3.30. The van der Waals surface area contributed by atoms with Crippen LogP contribution < -0.4 is 5.32 Å². The monoisotopic (exact) mass is 439 g/mol. The topological polar surface area (TPSA) is 64.0 Å². The third-order valence-electron chi connectivity index (χ3n) is 4.65. The van der Waals surface area contributed by atoms with Crippen molar-refractivity contribution in [2.24, 2.45) is 0 Å². The van der Waals surface area contributed by atoms with Crippen molar-refractivity contribution in [2.75, 3.05) is 0 Å². The Hall–Kier alpha value is -2.73. The first kappa shape index (κ1) is 20.0. The molecule has 6 heteroatoms. The molecule has 0 unspecified atom stereocenters. The van der Waals surface area contributed by atoms with Gasteiger partial charge >= 0.3 is 0 Å². The zero-order valence-corrected chi connectivity index (χ0v) is 17.5. The Balaban J connectivity index is 1.57. The van der Waals surface area contributed by atoms with Gasteiger partial charge in [-0.25, -0.2) is 4.68 Å². The lowest BCUT2D eigenvalue weighted by Gasteiger charge is -2.07. The van der Waals surface area contributed by atoms with Crippen LogP contribution in [0.2, 0.25) is 0 Å². The zero-order chi connectivity index (χ0) is 20.1. The minimum atomic E-state index is -0.142. The number of Topliss-reactive ketones (excluding diaryl/α,β-unsaturated/α-hetero) is 1. The molecule has 0 atom stereocenters. The van der Waals surface area contributed by atoms with Crippen LogP contribution in [0.4, 0.5) is 0 Å². The van der Waals surface area contributed by atoms with Gasteiger partial charge in [0, 0.05) is 40.7 Å². The molecule has 0 aliphatic carbocycles. The number of nitrogens with one attached hydrogen (secondary N) is 1. The largest absolute Gasteiger partial charge is 0.352 e. The number of nitrogens with zero attached hydrogens (tertiary/aromatic N) is 2. The zero-order valence-electron chi connectivity index (χ0n) is 15.9. The van der Waals surface area contributed by atoms with Gasteiger partial charge in [-0.2, -0.15) is 5.10 Å². The van der Waals surface area contributed by atoms with E-state index in [-0.39, 0.29) is 24.5 Å². The molecule has 0 saturated carbocycles. The molecule has 1 N–H and O–H groups in total. The highest BCUT2D eigenvalue weighted by Gasteiger charge is 2.14. The second-order valence-electron chi connectivity index (χ2n) is 6.60. The summed E-state index contributed by atoms with van der Waals surface area (Å²) < 4.78 is 2.80. The van der Waals surface area contributed by atoms with Crippen molar-refractivity contribution in [3.63, 3.8) is 0 Å². The maximum atomic E-state index is 12.2. The molecule has 1 aromatic heterocycles. The van der Waals surface area contributed by atoms with Crippen molar-refractivity contribution in [1.82, 2.24) is 15.1 Å². The first-order valence-electron chi connectivity index (χ1n) is 9.11. The molecule has 28 heavy (non-hydrogen) atoms. The summed E-state index contributed by atoms with van der Waals surface area (Å²) in [6, 6.07) is 17.1. The standard InChI is InChI=1S/C22H22BrN3O2/c1-15-20(16(2)26(25-15)19-6-4-3-5-7-19)14-24-22(28)13-12-21(27)17-8-10-18(23)11-9-17/h3-11H,12-14H2,1-2H3,(H,24,28). The van der Waals surface area contributed by atoms with E-state index in [0.717, 1.165) is 27.1 Å². The van der Waals surface area contributed by atoms with Crippen molar-refractivity contribution in [1.29, 1.82) is 0 Å². The molecule has 0 radical (unpaired) electrons. The van der Waals surface area contributed by atoms with Crippen LogP contribution in [0.5, 0.6) is 0 Å². The summed E-state index contributed by atoms with van der Waals surface area (Å²) in [5.41, 5.74) is 4.48. The van der Waals surface area contributed by atoms with Gasteiger partial charge in [-0.05, 0) is 38.1 Å². The highest BCUT2D eigenvalue weighted by molar-refractivity contribution is 9.10. The Morgan fingerprint density at radius 1 is 1.00 bits per heavy atom. The van der Waals surface area contributed by atoms with Crippen molar-refractivity contribution in [3.8, 4) is 5.69 Å². The van der Waals surface area contributed by atoms with Crippen LogP contribution >= 0.6 is 15.9 Å². The second-order valence-corrected chi connectivity index (χ2v) is 7.52. The highest BCUT2D eigenvalue weighted by Crippen LogP contribution is 2.18. The first-order valence-corrected chi connectivity index (χ1v) is 9.91. The van der Waals surface area contributed by atoms with Crippen LogP contribution in [0, 0.1) is 13.8 Å². The van der Waals surface area contributed by atoms with Crippen LogP contribution in [0.15, 0.2) is 59.1 Å². The van der Waals surface area contributed by atoms with E-state index >= 15 is 0 Å². The molecule has 5 nitrogen and oxygen atoms in total. The van der Waals surface area contributed by atoms with Crippen molar-refractivity contribution < 1.29 is 9.59 Å². The number of hydrogen-bond donors (Lipinski definition) is 1. The predicted octanol–water partition coefficient (Wildman–Crippen LogP) is 4.53. The third-order valence-corrected chi connectivity index (χ3v) is 5.18. The van der Waals surface area contributed by atoms with Gasteiger partial charge in [-0.15, -0.1) is 0 Å². The van der Waals surface area contributed by atoms with E-state index < -0.39 is 0 Å². The third kappa shape index (κ3) is 4.75. The van der Waals surface area contributed by atoms with Crippen molar-refractivity contribution in [2.45, 2.75) is 33.2 Å². The normalized spacial score (nSPS) is 10.7. The van der Waals surface area contributed by atoms with E-state index in [1.54, 1.807) is 12.1 Å². The van der Waals surface area contributed by atoms with E-state index in [0.29, 0.717) is 12.1 Å². The van der Waals surface area contributed by atoms with Gasteiger partial charge in [-0.1, -0.05) is 46.3 Å². The average Bonchev–Trinajstić information content (AvgIpc) is 2.99. The molecular weight excluding hydrogens is 418 g/mol. The maximum Gasteiger partial charge on any atom is 0.220 e. The molecule has 144 valence electrons. The fourth-order valence-electron chi connectivity index (χ4n) is 3.03. The van der Waals surface area contributed by atoms with Crippen LogP contribution in [0.1, 0.15) is 40.2 Å². The van der Waals surface area contributed by atoms with E-state index in [2.05, 4.69) is 26.3 Å². The minimum Gasteiger partial charge on any atom is -0.352 e. The average molecular weight is 440 g/mol. The molecule has 0 aliphatic heterocycles. The number of carbonyl (C=O) groups excluding carboxylic acids is 2. The molecule has 0 fully saturated rings. The lowest BCUT2D eigenvalue weighted by molar-refractivity contribution is -0.121. The van der Waals surface area contributed by atoms with Gasteiger partial charge in [0.15, 0.2) is 5.78 Å². The van der Waals surface area contributed by atoms with E-state index in [9.17, 15) is 9.59 Å². The number of para-hydroxylation sites is 1. The SMILES string of the molecule is Cc1nn(-c2ccccc2)c(C)c1CNC(=O)CCC(=O)c1ccc(Br)cc1. The van der Waals surface area contributed by atoms with Crippen molar-refractivity contribution >= 4 is 27.6 Å². The van der Waals surface area contributed by atoms with Gasteiger partial charge in [0.25, 0.3) is 0 Å². The molecule has 3 rings (SSSR count). The lowest BCUT2D eigenvalue weighted by atomic mass is 10.1. The second kappa shape index (κ2) is 8.97. The Bertz CT molecular complexity index is 979.